The molecule has 1 amide bonds. The Bertz CT molecular complexity index is 601. The van der Waals surface area contributed by atoms with Crippen molar-refractivity contribution < 1.29 is 4.79 Å². The van der Waals surface area contributed by atoms with Gasteiger partial charge in [0.15, 0.2) is 5.16 Å². The Morgan fingerprint density at radius 2 is 2.00 bits per heavy atom. The Morgan fingerprint density at radius 1 is 1.40 bits per heavy atom. The smallest absolute Gasteiger partial charge is 0.251 e. The maximum Gasteiger partial charge on any atom is 0.251 e. The molecule has 2 N–H and O–H groups in total. The van der Waals surface area contributed by atoms with Crippen molar-refractivity contribution in [3.8, 4) is 0 Å². The molecule has 0 aliphatic heterocycles. The van der Waals surface area contributed by atoms with Crippen molar-refractivity contribution in [2.75, 3.05) is 0 Å². The fraction of sp³-hybridized carbons (Fsp3) is 0.417. The number of H-pyrrole nitrogens is 1. The van der Waals surface area contributed by atoms with Gasteiger partial charge in [-0.05, 0) is 18.7 Å². The van der Waals surface area contributed by atoms with E-state index in [4.69, 9.17) is 23.2 Å². The number of halogens is 2. The lowest BCUT2D eigenvalue weighted by molar-refractivity contribution is -0.127. The first-order chi connectivity index (χ1) is 9.09. The molecule has 5 nitrogen and oxygen atoms in total. The molecule has 0 unspecified atom stereocenters. The van der Waals surface area contributed by atoms with Crippen molar-refractivity contribution in [3.05, 3.63) is 31.6 Å². The summed E-state index contributed by atoms with van der Waals surface area (Å²) in [6.07, 6.45) is 0. The molecule has 110 valence electrons. The summed E-state index contributed by atoms with van der Waals surface area (Å²) in [5.41, 5.74) is -0.321. The van der Waals surface area contributed by atoms with Gasteiger partial charge >= 0.3 is 0 Å². The summed E-state index contributed by atoms with van der Waals surface area (Å²) in [6.45, 7) is 6.98. The number of carbonyl (C=O) groups is 1. The molecule has 1 aromatic rings. The molecular formula is C12H15Cl2N3O2S. The number of nitrogens with one attached hydrogen (secondary N) is 2. The molecule has 0 aromatic carbocycles. The van der Waals surface area contributed by atoms with Gasteiger partial charge in [-0.1, -0.05) is 44.0 Å². The summed E-state index contributed by atoms with van der Waals surface area (Å²) in [6, 6.07) is 1.36. The van der Waals surface area contributed by atoms with E-state index in [0.717, 1.165) is 11.8 Å². The molecule has 20 heavy (non-hydrogen) atoms. The van der Waals surface area contributed by atoms with Crippen molar-refractivity contribution in [1.29, 1.82) is 0 Å². The average molecular weight is 336 g/mol. The fourth-order valence-electron chi connectivity index (χ4n) is 1.10. The number of aryl methyl sites for hydroxylation is 1. The van der Waals surface area contributed by atoms with Crippen LogP contribution in [0.2, 0.25) is 0 Å². The molecule has 8 heteroatoms. The van der Waals surface area contributed by atoms with Crippen LogP contribution in [0.3, 0.4) is 0 Å². The van der Waals surface area contributed by atoms with E-state index >= 15 is 0 Å². The highest BCUT2D eigenvalue weighted by molar-refractivity contribution is 8.03. The maximum atomic E-state index is 11.9. The minimum Gasteiger partial charge on any atom is -0.318 e. The highest BCUT2D eigenvalue weighted by Gasteiger charge is 2.23. The van der Waals surface area contributed by atoms with Crippen molar-refractivity contribution in [2.24, 2.45) is 5.41 Å². The number of hydrogen-bond donors (Lipinski definition) is 2. The van der Waals surface area contributed by atoms with Gasteiger partial charge in [-0.15, -0.1) is 0 Å². The standard InChI is InChI=1S/C12H15Cl2N3O2S/c1-6-5-7(18)16-11(15-6)20-9(8(13)14)17-10(19)12(2,3)4/h5H,1-4H3,(H,17,19)(H,15,16,18). The zero-order valence-electron chi connectivity index (χ0n) is 11.5. The largest absolute Gasteiger partial charge is 0.318 e. The fourth-order valence-corrected chi connectivity index (χ4v) is 2.18. The number of amides is 1. The number of thioether (sulfide) groups is 1. The van der Waals surface area contributed by atoms with Gasteiger partial charge in [0, 0.05) is 17.2 Å². The second-order valence-electron chi connectivity index (χ2n) is 5.09. The summed E-state index contributed by atoms with van der Waals surface area (Å²) in [7, 11) is 0. The van der Waals surface area contributed by atoms with Crippen molar-refractivity contribution >= 4 is 40.9 Å². The van der Waals surface area contributed by atoms with E-state index in [1.807, 2.05) is 0 Å². The van der Waals surface area contributed by atoms with E-state index in [1.165, 1.54) is 6.07 Å². The predicted molar refractivity (Wildman–Crippen MR) is 81.8 cm³/mol. The molecule has 0 atom stereocenters. The zero-order chi connectivity index (χ0) is 15.5. The third-order valence-electron chi connectivity index (χ3n) is 2.13. The molecule has 0 aliphatic rings. The Hall–Kier alpha value is -0.980. The lowest BCUT2D eigenvalue weighted by Crippen LogP contribution is -2.33. The first-order valence-corrected chi connectivity index (χ1v) is 7.29. The summed E-state index contributed by atoms with van der Waals surface area (Å²) >= 11 is 12.5. The second kappa shape index (κ2) is 6.65. The van der Waals surface area contributed by atoms with Gasteiger partial charge < -0.3 is 10.3 Å². The quantitative estimate of drug-likeness (QED) is 0.657. The summed E-state index contributed by atoms with van der Waals surface area (Å²) in [5.74, 6) is -0.242. The van der Waals surface area contributed by atoms with E-state index in [1.54, 1.807) is 27.7 Å². The normalized spacial score (nSPS) is 11.1. The number of nitrogens with zero attached hydrogens (tertiary/aromatic N) is 1. The van der Waals surface area contributed by atoms with Crippen LogP contribution >= 0.6 is 35.0 Å². The molecule has 0 radical (unpaired) electrons. The highest BCUT2D eigenvalue weighted by Crippen LogP contribution is 2.28. The molecule has 0 saturated heterocycles. The first-order valence-electron chi connectivity index (χ1n) is 5.72. The zero-order valence-corrected chi connectivity index (χ0v) is 13.8. The SMILES string of the molecule is Cc1cc(=O)[nH]c(SC(NC(=O)C(C)(C)C)=C(Cl)Cl)n1. The van der Waals surface area contributed by atoms with Crippen molar-refractivity contribution in [2.45, 2.75) is 32.9 Å². The summed E-state index contributed by atoms with van der Waals surface area (Å²) < 4.78 is -0.100. The Balaban J connectivity index is 2.98. The molecule has 0 aliphatic carbocycles. The van der Waals surface area contributed by atoms with E-state index in [9.17, 15) is 9.59 Å². The van der Waals surface area contributed by atoms with Gasteiger partial charge in [-0.2, -0.15) is 0 Å². The number of carbonyl (C=O) groups excluding carboxylic acids is 1. The van der Waals surface area contributed by atoms with Crippen LogP contribution in [0.1, 0.15) is 26.5 Å². The molecule has 1 aromatic heterocycles. The minimum atomic E-state index is -0.595. The molecule has 0 saturated carbocycles. The molecule has 0 spiro atoms. The maximum absolute atomic E-state index is 11.9. The van der Waals surface area contributed by atoms with Gasteiger partial charge in [0.1, 0.15) is 9.52 Å². The Kier molecular flexibility index (Phi) is 5.68. The molecular weight excluding hydrogens is 321 g/mol. The molecule has 1 heterocycles. The van der Waals surface area contributed by atoms with Gasteiger partial charge in [0.25, 0.3) is 5.56 Å². The van der Waals surface area contributed by atoms with Crippen LogP contribution < -0.4 is 10.9 Å². The van der Waals surface area contributed by atoms with Crippen molar-refractivity contribution in [1.82, 2.24) is 15.3 Å². The predicted octanol–water partition coefficient (Wildman–Crippen LogP) is 2.94. The van der Waals surface area contributed by atoms with Gasteiger partial charge in [0.05, 0.1) is 0 Å². The van der Waals surface area contributed by atoms with E-state index in [0.29, 0.717) is 10.9 Å². The molecule has 0 fully saturated rings. The van der Waals surface area contributed by atoms with E-state index < -0.39 is 5.41 Å². The van der Waals surface area contributed by atoms with Gasteiger partial charge in [-0.25, -0.2) is 4.98 Å². The molecule has 1 rings (SSSR count). The monoisotopic (exact) mass is 335 g/mol. The van der Waals surface area contributed by atoms with Gasteiger partial charge in [0.2, 0.25) is 5.91 Å². The van der Waals surface area contributed by atoms with Crippen LogP contribution in [0.15, 0.2) is 25.5 Å². The lowest BCUT2D eigenvalue weighted by atomic mass is 9.96. The van der Waals surface area contributed by atoms with E-state index in [-0.39, 0.29) is 21.0 Å². The van der Waals surface area contributed by atoms with Crippen LogP contribution in [-0.4, -0.2) is 15.9 Å². The molecule has 0 bridgehead atoms. The number of aromatic nitrogens is 2. The van der Waals surface area contributed by atoms with E-state index in [2.05, 4.69) is 15.3 Å². The summed E-state index contributed by atoms with van der Waals surface area (Å²) in [4.78, 5) is 30.0. The second-order valence-corrected chi connectivity index (χ2v) is 7.04. The first kappa shape index (κ1) is 17.1. The topological polar surface area (TPSA) is 74.8 Å². The van der Waals surface area contributed by atoms with Crippen molar-refractivity contribution in [3.63, 3.8) is 0 Å². The highest BCUT2D eigenvalue weighted by atomic mass is 35.5. The van der Waals surface area contributed by atoms with Crippen LogP contribution in [0, 0.1) is 12.3 Å². The number of rotatable bonds is 3. The lowest BCUT2D eigenvalue weighted by Gasteiger charge is -2.18. The van der Waals surface area contributed by atoms with Crippen LogP contribution in [0.25, 0.3) is 0 Å². The Morgan fingerprint density at radius 3 is 2.45 bits per heavy atom. The number of hydrogen-bond acceptors (Lipinski definition) is 4. The summed E-state index contributed by atoms with van der Waals surface area (Å²) in [5, 5.41) is 3.15. The van der Waals surface area contributed by atoms with Gasteiger partial charge in [-0.3, -0.25) is 9.59 Å². The third-order valence-corrected chi connectivity index (χ3v) is 3.63. The van der Waals surface area contributed by atoms with Crippen LogP contribution in [-0.2, 0) is 4.79 Å². The average Bonchev–Trinajstić information content (AvgIpc) is 2.24. The van der Waals surface area contributed by atoms with Crippen LogP contribution in [0.4, 0.5) is 0 Å². The van der Waals surface area contributed by atoms with Crippen LogP contribution in [0.5, 0.6) is 0 Å². The Labute approximate surface area is 131 Å². The third kappa shape index (κ3) is 5.19. The minimum absolute atomic E-state index is 0.100. The number of aromatic amines is 1.